The van der Waals surface area contributed by atoms with Crippen molar-refractivity contribution < 1.29 is 9.59 Å². The Balaban J connectivity index is 1.98. The van der Waals surface area contributed by atoms with Crippen LogP contribution >= 0.6 is 11.8 Å². The number of hydrogen-bond donors (Lipinski definition) is 1. The molecule has 22 heavy (non-hydrogen) atoms. The smallest absolute Gasteiger partial charge is 0.251 e. The Labute approximate surface area is 136 Å². The predicted octanol–water partition coefficient (Wildman–Crippen LogP) is 1.45. The van der Waals surface area contributed by atoms with Gasteiger partial charge in [0, 0.05) is 49.9 Å². The van der Waals surface area contributed by atoms with Crippen LogP contribution in [0.1, 0.15) is 17.3 Å². The molecule has 0 spiro atoms. The van der Waals surface area contributed by atoms with Gasteiger partial charge in [0.25, 0.3) is 5.91 Å². The van der Waals surface area contributed by atoms with Gasteiger partial charge < -0.3 is 15.1 Å². The standard InChI is InChI=1S/C16H23N3O2S/c1-12(16(21)19-7-9-22-10-8-19)17-15(20)13-5-4-6-14(11-13)18(2)3/h4-6,11-12H,7-10H2,1-3H3,(H,17,20)/t12-/m1/s1. The Morgan fingerprint density at radius 2 is 1.95 bits per heavy atom. The van der Waals surface area contributed by atoms with Crippen LogP contribution in [0, 0.1) is 0 Å². The number of amides is 2. The van der Waals surface area contributed by atoms with E-state index in [0.717, 1.165) is 30.3 Å². The highest BCUT2D eigenvalue weighted by molar-refractivity contribution is 7.99. The average Bonchev–Trinajstić information content (AvgIpc) is 2.54. The molecule has 2 rings (SSSR count). The zero-order valence-electron chi connectivity index (χ0n) is 13.3. The van der Waals surface area contributed by atoms with Crippen molar-refractivity contribution in [3.05, 3.63) is 29.8 Å². The van der Waals surface area contributed by atoms with Crippen LogP contribution < -0.4 is 10.2 Å². The largest absolute Gasteiger partial charge is 0.378 e. The van der Waals surface area contributed by atoms with Gasteiger partial charge in [-0.2, -0.15) is 11.8 Å². The van der Waals surface area contributed by atoms with Crippen LogP contribution in [-0.2, 0) is 4.79 Å². The molecule has 0 bridgehead atoms. The van der Waals surface area contributed by atoms with Gasteiger partial charge in [-0.15, -0.1) is 0 Å². The van der Waals surface area contributed by atoms with E-state index < -0.39 is 6.04 Å². The number of hydrogen-bond acceptors (Lipinski definition) is 4. The van der Waals surface area contributed by atoms with Crippen molar-refractivity contribution in [1.29, 1.82) is 0 Å². The van der Waals surface area contributed by atoms with Gasteiger partial charge in [-0.05, 0) is 25.1 Å². The number of thioether (sulfide) groups is 1. The normalized spacial score (nSPS) is 16.0. The fraction of sp³-hybridized carbons (Fsp3) is 0.500. The van der Waals surface area contributed by atoms with E-state index in [9.17, 15) is 9.59 Å². The van der Waals surface area contributed by atoms with Gasteiger partial charge in [0.1, 0.15) is 6.04 Å². The summed E-state index contributed by atoms with van der Waals surface area (Å²) in [4.78, 5) is 28.4. The molecule has 0 aliphatic carbocycles. The summed E-state index contributed by atoms with van der Waals surface area (Å²) < 4.78 is 0. The molecule has 6 heteroatoms. The summed E-state index contributed by atoms with van der Waals surface area (Å²) in [7, 11) is 3.86. The molecule has 5 nitrogen and oxygen atoms in total. The molecule has 0 aromatic heterocycles. The number of rotatable bonds is 4. The zero-order chi connectivity index (χ0) is 16.1. The molecular weight excluding hydrogens is 298 g/mol. The number of nitrogens with one attached hydrogen (secondary N) is 1. The van der Waals surface area contributed by atoms with E-state index in [0.29, 0.717) is 5.56 Å². The second kappa shape index (κ2) is 7.54. The third-order valence-corrected chi connectivity index (χ3v) is 4.61. The van der Waals surface area contributed by atoms with Crippen molar-refractivity contribution in [2.75, 3.05) is 43.6 Å². The van der Waals surface area contributed by atoms with Gasteiger partial charge in [-0.25, -0.2) is 0 Å². The van der Waals surface area contributed by atoms with Crippen LogP contribution in [0.15, 0.2) is 24.3 Å². The molecule has 0 unspecified atom stereocenters. The van der Waals surface area contributed by atoms with Crippen LogP contribution in [0.25, 0.3) is 0 Å². The molecule has 1 N–H and O–H groups in total. The third-order valence-electron chi connectivity index (χ3n) is 3.67. The minimum atomic E-state index is -0.501. The van der Waals surface area contributed by atoms with Crippen LogP contribution in [-0.4, -0.2) is 61.4 Å². The number of anilines is 1. The summed E-state index contributed by atoms with van der Waals surface area (Å²) in [5, 5.41) is 2.80. The first-order valence-corrected chi connectivity index (χ1v) is 8.59. The summed E-state index contributed by atoms with van der Waals surface area (Å²) in [6.45, 7) is 3.28. The quantitative estimate of drug-likeness (QED) is 0.912. The highest BCUT2D eigenvalue weighted by atomic mass is 32.2. The number of carbonyl (C=O) groups is 2. The maximum absolute atomic E-state index is 12.3. The second-order valence-corrected chi connectivity index (χ2v) is 6.80. The number of nitrogens with zero attached hydrogens (tertiary/aromatic N) is 2. The van der Waals surface area contributed by atoms with Crippen molar-refractivity contribution in [1.82, 2.24) is 10.2 Å². The lowest BCUT2D eigenvalue weighted by Gasteiger charge is -2.29. The van der Waals surface area contributed by atoms with Gasteiger partial charge in [0.2, 0.25) is 5.91 Å². The highest BCUT2D eigenvalue weighted by Crippen LogP contribution is 2.14. The molecule has 1 aromatic rings. The van der Waals surface area contributed by atoms with Crippen molar-refractivity contribution in [3.63, 3.8) is 0 Å². The van der Waals surface area contributed by atoms with Gasteiger partial charge in [-0.3, -0.25) is 9.59 Å². The highest BCUT2D eigenvalue weighted by Gasteiger charge is 2.23. The first-order valence-electron chi connectivity index (χ1n) is 7.44. The first-order chi connectivity index (χ1) is 10.5. The van der Waals surface area contributed by atoms with E-state index in [4.69, 9.17) is 0 Å². The molecule has 120 valence electrons. The molecule has 0 radical (unpaired) electrons. The van der Waals surface area contributed by atoms with E-state index >= 15 is 0 Å². The summed E-state index contributed by atoms with van der Waals surface area (Å²) in [5.74, 6) is 1.72. The molecule has 2 amide bonds. The Bertz CT molecular complexity index is 542. The lowest BCUT2D eigenvalue weighted by atomic mass is 10.1. The van der Waals surface area contributed by atoms with Gasteiger partial charge in [0.15, 0.2) is 0 Å². The predicted molar refractivity (Wildman–Crippen MR) is 91.6 cm³/mol. The number of carbonyl (C=O) groups excluding carboxylic acids is 2. The lowest BCUT2D eigenvalue weighted by Crippen LogP contribution is -2.49. The van der Waals surface area contributed by atoms with Crippen LogP contribution in [0.2, 0.25) is 0 Å². The summed E-state index contributed by atoms with van der Waals surface area (Å²) in [6, 6.07) is 6.87. The fourth-order valence-electron chi connectivity index (χ4n) is 2.32. The monoisotopic (exact) mass is 321 g/mol. The molecule has 1 aliphatic heterocycles. The van der Waals surface area contributed by atoms with Crippen molar-refractivity contribution in [2.45, 2.75) is 13.0 Å². The summed E-state index contributed by atoms with van der Waals surface area (Å²) in [5.41, 5.74) is 1.53. The molecular formula is C16H23N3O2S. The fourth-order valence-corrected chi connectivity index (χ4v) is 3.23. The van der Waals surface area contributed by atoms with E-state index in [2.05, 4.69) is 5.32 Å². The van der Waals surface area contributed by atoms with Crippen LogP contribution in [0.4, 0.5) is 5.69 Å². The third kappa shape index (κ3) is 4.16. The minimum Gasteiger partial charge on any atom is -0.378 e. The van der Waals surface area contributed by atoms with E-state index in [1.807, 2.05) is 53.9 Å². The van der Waals surface area contributed by atoms with E-state index in [-0.39, 0.29) is 11.8 Å². The van der Waals surface area contributed by atoms with Crippen LogP contribution in [0.5, 0.6) is 0 Å². The van der Waals surface area contributed by atoms with Crippen molar-refractivity contribution in [2.24, 2.45) is 0 Å². The van der Waals surface area contributed by atoms with Crippen molar-refractivity contribution >= 4 is 29.3 Å². The Hall–Kier alpha value is -1.69. The molecule has 1 aromatic carbocycles. The molecule has 1 atom stereocenters. The van der Waals surface area contributed by atoms with Gasteiger partial charge >= 0.3 is 0 Å². The van der Waals surface area contributed by atoms with E-state index in [1.165, 1.54) is 0 Å². The number of benzene rings is 1. The molecule has 1 fully saturated rings. The molecule has 1 saturated heterocycles. The SMILES string of the molecule is C[C@@H](NC(=O)c1cccc(N(C)C)c1)C(=O)N1CCSCC1. The summed E-state index contributed by atoms with van der Waals surface area (Å²) >= 11 is 1.86. The summed E-state index contributed by atoms with van der Waals surface area (Å²) in [6.07, 6.45) is 0. The molecule has 1 heterocycles. The lowest BCUT2D eigenvalue weighted by molar-refractivity contribution is -0.132. The topological polar surface area (TPSA) is 52.7 Å². The Kier molecular flexibility index (Phi) is 5.71. The Morgan fingerprint density at radius 1 is 1.27 bits per heavy atom. The second-order valence-electron chi connectivity index (χ2n) is 5.58. The van der Waals surface area contributed by atoms with Crippen molar-refractivity contribution in [3.8, 4) is 0 Å². The average molecular weight is 321 g/mol. The van der Waals surface area contributed by atoms with Gasteiger partial charge in [-0.1, -0.05) is 6.07 Å². The maximum atomic E-state index is 12.3. The molecule has 0 saturated carbocycles. The van der Waals surface area contributed by atoms with E-state index in [1.54, 1.807) is 13.0 Å². The molecule has 1 aliphatic rings. The Morgan fingerprint density at radius 3 is 2.59 bits per heavy atom. The maximum Gasteiger partial charge on any atom is 0.251 e. The van der Waals surface area contributed by atoms with Crippen LogP contribution in [0.3, 0.4) is 0 Å². The minimum absolute atomic E-state index is 0.00239. The first kappa shape index (κ1) is 16.7. The van der Waals surface area contributed by atoms with Gasteiger partial charge in [0.05, 0.1) is 0 Å². The zero-order valence-corrected chi connectivity index (χ0v) is 14.2.